The number of rotatable bonds is 5. The maximum absolute atomic E-state index is 12.0. The number of piperidine rings is 1. The summed E-state index contributed by atoms with van der Waals surface area (Å²) in [4.78, 5) is 14.5. The second-order valence-corrected chi connectivity index (χ2v) is 17.3. The third-order valence-corrected chi connectivity index (χ3v) is 14.6. The normalized spacial score (nSPS) is 47.4. The van der Waals surface area contributed by atoms with Crippen LogP contribution in [0.3, 0.4) is 0 Å². The molecule has 1 amide bonds. The molecule has 276 valence electrons. The fourth-order valence-electron chi connectivity index (χ4n) is 12.1. The predicted octanol–water partition coefficient (Wildman–Crippen LogP) is 2.62. The van der Waals surface area contributed by atoms with E-state index >= 15 is 0 Å². The topological polar surface area (TPSA) is 162 Å². The molecular weight excluding hydrogens is 638 g/mol. The molecule has 2 saturated carbocycles. The van der Waals surface area contributed by atoms with Crippen molar-refractivity contribution < 1.29 is 34.7 Å². The minimum atomic E-state index is -1.36. The maximum Gasteiger partial charge on any atom is 0.217 e. The third-order valence-electron chi connectivity index (χ3n) is 14.6. The minimum absolute atomic E-state index is 0.123. The first-order chi connectivity index (χ1) is 23.8. The Kier molecular flexibility index (Phi) is 8.89. The predicted molar refractivity (Wildman–Crippen MR) is 183 cm³/mol. The number of likely N-dealkylation sites (tertiary alicyclic amines) is 1. The van der Waals surface area contributed by atoms with Gasteiger partial charge in [-0.25, -0.2) is 4.68 Å². The van der Waals surface area contributed by atoms with Crippen LogP contribution in [0, 0.1) is 35.0 Å². The fraction of sp³-hybridized carbons (Fsp3) is 0.816. The maximum atomic E-state index is 12.0. The molecule has 0 aromatic carbocycles. The number of nitrogens with one attached hydrogen (secondary N) is 1. The molecule has 8 rings (SSSR count). The van der Waals surface area contributed by atoms with Gasteiger partial charge in [-0.05, 0) is 93.0 Å². The number of fused-ring (bicyclic) bond motifs is 6. The van der Waals surface area contributed by atoms with Gasteiger partial charge in [0.05, 0.1) is 36.3 Å². The Bertz CT molecular complexity index is 1550. The van der Waals surface area contributed by atoms with Crippen molar-refractivity contribution in [3.05, 3.63) is 34.7 Å². The largest absolute Gasteiger partial charge is 0.394 e. The van der Waals surface area contributed by atoms with Crippen LogP contribution in [0.2, 0.25) is 0 Å². The van der Waals surface area contributed by atoms with Gasteiger partial charge in [0, 0.05) is 32.0 Å². The molecule has 4 heterocycles. The van der Waals surface area contributed by atoms with Gasteiger partial charge in [-0.3, -0.25) is 9.69 Å². The van der Waals surface area contributed by atoms with Crippen molar-refractivity contribution in [1.82, 2.24) is 25.2 Å². The summed E-state index contributed by atoms with van der Waals surface area (Å²) >= 11 is 0. The standard InChI is InChI=1S/C38H57N5O7/c1-19-12-30-33(42(15-19)16-24-17-43(41-40-24)36-32(39-22(4)45)35(48)34(47)31(18-44)49-36)21(3)38(50-30)11-9-26-27-7-6-23-13-25(46)8-10-37(23,5)29(27)14-28(26)20(38)2/h6,17,19,21,25-27,29-36,44,46-48H,7-16,18H2,1-5H3,(H,39,45)/t19-,21+,25-,26-,27-,29-,30+,31?,32+,33-,34-,35?,36+,37-,38-/m0/s1. The van der Waals surface area contributed by atoms with Gasteiger partial charge in [-0.15, -0.1) is 5.10 Å². The summed E-state index contributed by atoms with van der Waals surface area (Å²) in [5.74, 6) is 2.34. The van der Waals surface area contributed by atoms with Gasteiger partial charge in [-0.2, -0.15) is 0 Å². The zero-order chi connectivity index (χ0) is 35.3. The average Bonchev–Trinajstić information content (AvgIpc) is 3.77. The number of carbonyl (C=O) groups excluding carboxylic acids is 1. The lowest BCUT2D eigenvalue weighted by molar-refractivity contribution is -0.219. The van der Waals surface area contributed by atoms with E-state index in [4.69, 9.17) is 9.47 Å². The van der Waals surface area contributed by atoms with E-state index in [2.05, 4.69) is 54.3 Å². The number of aliphatic hydroxyl groups is 4. The molecule has 1 spiro atoms. The number of aliphatic hydroxyl groups excluding tert-OH is 4. The summed E-state index contributed by atoms with van der Waals surface area (Å²) in [6.45, 7) is 11.9. The minimum Gasteiger partial charge on any atom is -0.394 e. The number of carbonyl (C=O) groups is 1. The van der Waals surface area contributed by atoms with E-state index in [9.17, 15) is 25.2 Å². The fourth-order valence-corrected chi connectivity index (χ4v) is 12.1. The van der Waals surface area contributed by atoms with Crippen molar-refractivity contribution in [3.8, 4) is 0 Å². The van der Waals surface area contributed by atoms with Crippen LogP contribution in [0.25, 0.3) is 0 Å². The van der Waals surface area contributed by atoms with E-state index in [0.29, 0.717) is 36.1 Å². The second-order valence-electron chi connectivity index (χ2n) is 17.3. The highest BCUT2D eigenvalue weighted by Crippen LogP contribution is 2.65. The Morgan fingerprint density at radius 2 is 1.94 bits per heavy atom. The van der Waals surface area contributed by atoms with E-state index in [1.165, 1.54) is 29.2 Å². The molecule has 12 nitrogen and oxygen atoms in total. The van der Waals surface area contributed by atoms with Gasteiger partial charge in [0.25, 0.3) is 0 Å². The zero-order valence-electron chi connectivity index (χ0n) is 30.2. The molecule has 1 aromatic heterocycles. The van der Waals surface area contributed by atoms with Crippen LogP contribution in [-0.2, 0) is 20.8 Å². The third kappa shape index (κ3) is 5.38. The average molecular weight is 696 g/mol. The van der Waals surface area contributed by atoms with Gasteiger partial charge >= 0.3 is 0 Å². The van der Waals surface area contributed by atoms with Gasteiger partial charge in [0.1, 0.15) is 24.4 Å². The van der Waals surface area contributed by atoms with Gasteiger partial charge in [-0.1, -0.05) is 43.2 Å². The molecule has 15 atom stereocenters. The first-order valence-corrected chi connectivity index (χ1v) is 19.1. The number of allylic oxidation sites excluding steroid dienone is 2. The summed E-state index contributed by atoms with van der Waals surface area (Å²) in [5, 5.41) is 53.1. The number of ether oxygens (including phenoxy) is 2. The lowest BCUT2D eigenvalue weighted by Gasteiger charge is -2.49. The van der Waals surface area contributed by atoms with Crippen molar-refractivity contribution >= 4 is 5.91 Å². The van der Waals surface area contributed by atoms with Crippen LogP contribution in [0.4, 0.5) is 0 Å². The van der Waals surface area contributed by atoms with E-state index in [1.807, 2.05) is 0 Å². The van der Waals surface area contributed by atoms with Crippen LogP contribution >= 0.6 is 0 Å². The molecule has 3 aliphatic heterocycles. The molecule has 5 N–H and O–H groups in total. The number of nitrogens with zero attached hydrogens (tertiary/aromatic N) is 4. The van der Waals surface area contributed by atoms with Crippen molar-refractivity contribution in [3.63, 3.8) is 0 Å². The molecule has 3 saturated heterocycles. The van der Waals surface area contributed by atoms with Crippen molar-refractivity contribution in [1.29, 1.82) is 0 Å². The van der Waals surface area contributed by atoms with E-state index in [-0.39, 0.29) is 35.2 Å². The lowest BCUT2D eigenvalue weighted by atomic mass is 9.56. The van der Waals surface area contributed by atoms with Crippen LogP contribution in [0.5, 0.6) is 0 Å². The Balaban J connectivity index is 1.03. The van der Waals surface area contributed by atoms with Crippen LogP contribution < -0.4 is 5.32 Å². The monoisotopic (exact) mass is 695 g/mol. The molecular formula is C38H57N5O7. The van der Waals surface area contributed by atoms with Crippen molar-refractivity contribution in [2.45, 2.75) is 147 Å². The summed E-state index contributed by atoms with van der Waals surface area (Å²) < 4.78 is 14.8. The number of hydrogen-bond donors (Lipinski definition) is 5. The summed E-state index contributed by atoms with van der Waals surface area (Å²) in [6.07, 6.45) is 7.93. The lowest BCUT2D eigenvalue weighted by Crippen LogP contribution is -2.62. The highest BCUT2D eigenvalue weighted by molar-refractivity contribution is 5.73. The first kappa shape index (κ1) is 34.9. The van der Waals surface area contributed by atoms with Crippen molar-refractivity contribution in [2.75, 3.05) is 13.2 Å². The Hall–Kier alpha value is -2.19. The first-order valence-electron chi connectivity index (χ1n) is 19.1. The molecule has 7 aliphatic rings. The Morgan fingerprint density at radius 3 is 2.70 bits per heavy atom. The van der Waals surface area contributed by atoms with E-state index in [1.54, 1.807) is 11.8 Å². The number of aromatic nitrogens is 3. The van der Waals surface area contributed by atoms with Gasteiger partial charge in [0.2, 0.25) is 5.91 Å². The Morgan fingerprint density at radius 1 is 1.14 bits per heavy atom. The molecule has 0 bridgehead atoms. The quantitative estimate of drug-likeness (QED) is 0.290. The second kappa shape index (κ2) is 12.7. The van der Waals surface area contributed by atoms with Crippen LogP contribution in [0.1, 0.15) is 97.9 Å². The summed E-state index contributed by atoms with van der Waals surface area (Å²) in [6, 6.07) is -0.742. The zero-order valence-corrected chi connectivity index (χ0v) is 30.2. The molecule has 2 unspecified atom stereocenters. The molecule has 5 fully saturated rings. The van der Waals surface area contributed by atoms with Crippen molar-refractivity contribution in [2.24, 2.45) is 35.0 Å². The smallest absolute Gasteiger partial charge is 0.217 e. The molecule has 4 aliphatic carbocycles. The van der Waals surface area contributed by atoms with Gasteiger partial charge < -0.3 is 35.2 Å². The van der Waals surface area contributed by atoms with Crippen LogP contribution in [0.15, 0.2) is 29.0 Å². The number of amides is 1. The van der Waals surface area contributed by atoms with Crippen LogP contribution in [-0.4, -0.2) is 108 Å². The molecule has 0 radical (unpaired) electrons. The Labute approximate surface area is 295 Å². The SMILES string of the molecule is CC(=O)N[C@@H]1C(O)[C@@H](O)C(CO)O[C@H]1n1cc(CN2C[C@@H](C)C[C@H]3O[C@]4(CC[C@@H]5C(=C4C)C[C@H]4[C@H]5CC=C5C[C@@H](O)CC[C@@]54C)[C@H](C)[C@@H]32)nn1. The summed E-state index contributed by atoms with van der Waals surface area (Å²) in [5.41, 5.74) is 5.32. The highest BCUT2D eigenvalue weighted by atomic mass is 16.5. The molecule has 12 heteroatoms. The van der Waals surface area contributed by atoms with E-state index < -0.39 is 37.2 Å². The molecule has 50 heavy (non-hydrogen) atoms. The highest BCUT2D eigenvalue weighted by Gasteiger charge is 2.61. The van der Waals surface area contributed by atoms with Gasteiger partial charge in [0.15, 0.2) is 6.23 Å². The number of hydrogen-bond acceptors (Lipinski definition) is 10. The molecule has 1 aromatic rings. The van der Waals surface area contributed by atoms with E-state index in [0.717, 1.165) is 57.2 Å². The summed E-state index contributed by atoms with van der Waals surface area (Å²) in [7, 11) is 0.